The number of benzene rings is 2. The van der Waals surface area contributed by atoms with Gasteiger partial charge in [-0.25, -0.2) is 0 Å². The summed E-state index contributed by atoms with van der Waals surface area (Å²) in [7, 11) is 3.06. The zero-order valence-electron chi connectivity index (χ0n) is 13.3. The topological polar surface area (TPSA) is 67.8 Å². The third kappa shape index (κ3) is 3.63. The Balaban J connectivity index is 2.40. The molecule has 0 fully saturated rings. The minimum absolute atomic E-state index is 0.00926. The van der Waals surface area contributed by atoms with E-state index in [0.29, 0.717) is 22.7 Å². The van der Waals surface area contributed by atoms with Crippen LogP contribution in [0.5, 0.6) is 17.2 Å². The van der Waals surface area contributed by atoms with E-state index in [9.17, 15) is 9.90 Å². The molecular weight excluding hydrogens is 294 g/mol. The molecule has 2 N–H and O–H groups in total. The average molecular weight is 313 g/mol. The van der Waals surface area contributed by atoms with E-state index in [-0.39, 0.29) is 11.7 Å². The van der Waals surface area contributed by atoms with Crippen molar-refractivity contribution in [2.75, 3.05) is 19.5 Å². The predicted octanol–water partition coefficient (Wildman–Crippen LogP) is 3.69. The molecule has 2 rings (SSSR count). The average Bonchev–Trinajstić information content (AvgIpc) is 2.56. The highest BCUT2D eigenvalue weighted by Gasteiger charge is 2.15. The number of ether oxygens (including phenoxy) is 2. The summed E-state index contributed by atoms with van der Waals surface area (Å²) in [4.78, 5) is 12.4. The van der Waals surface area contributed by atoms with Crippen molar-refractivity contribution in [2.24, 2.45) is 0 Å². The predicted molar refractivity (Wildman–Crippen MR) is 90.3 cm³/mol. The largest absolute Gasteiger partial charge is 0.506 e. The van der Waals surface area contributed by atoms with Gasteiger partial charge in [0.2, 0.25) is 0 Å². The first-order chi connectivity index (χ1) is 11.1. The van der Waals surface area contributed by atoms with Crippen LogP contribution in [-0.2, 0) is 0 Å². The van der Waals surface area contributed by atoms with E-state index in [0.717, 1.165) is 5.56 Å². The van der Waals surface area contributed by atoms with Crippen molar-refractivity contribution in [3.63, 3.8) is 0 Å². The summed E-state index contributed by atoms with van der Waals surface area (Å²) in [6.45, 7) is 1.88. The Labute approximate surface area is 135 Å². The summed E-state index contributed by atoms with van der Waals surface area (Å²) in [6, 6.07) is 9.86. The Morgan fingerprint density at radius 2 is 1.91 bits per heavy atom. The second kappa shape index (κ2) is 7.35. The lowest BCUT2D eigenvalue weighted by atomic mass is 10.1. The van der Waals surface area contributed by atoms with Crippen molar-refractivity contribution in [1.82, 2.24) is 0 Å². The highest BCUT2D eigenvalue weighted by atomic mass is 16.5. The number of methoxy groups -OCH3 is 2. The molecule has 120 valence electrons. The van der Waals surface area contributed by atoms with Crippen molar-refractivity contribution in [3.05, 3.63) is 53.6 Å². The Kier molecular flexibility index (Phi) is 5.25. The number of carbonyl (C=O) groups is 1. The summed E-state index contributed by atoms with van der Waals surface area (Å²) in [5, 5.41) is 12.4. The van der Waals surface area contributed by atoms with Gasteiger partial charge >= 0.3 is 0 Å². The van der Waals surface area contributed by atoms with Gasteiger partial charge in [-0.05, 0) is 31.2 Å². The molecule has 5 nitrogen and oxygen atoms in total. The first-order valence-electron chi connectivity index (χ1n) is 7.08. The van der Waals surface area contributed by atoms with Crippen molar-refractivity contribution in [1.29, 1.82) is 0 Å². The third-order valence-corrected chi connectivity index (χ3v) is 3.27. The van der Waals surface area contributed by atoms with E-state index in [2.05, 4.69) is 5.32 Å². The first-order valence-corrected chi connectivity index (χ1v) is 7.08. The maximum absolute atomic E-state index is 12.4. The molecule has 2 aromatic rings. The van der Waals surface area contributed by atoms with Crippen LogP contribution in [0.3, 0.4) is 0 Å². The van der Waals surface area contributed by atoms with E-state index < -0.39 is 0 Å². The highest BCUT2D eigenvalue weighted by molar-refractivity contribution is 6.05. The van der Waals surface area contributed by atoms with Gasteiger partial charge in [-0.1, -0.05) is 24.3 Å². The number of hydrogen-bond acceptors (Lipinski definition) is 4. The fourth-order valence-electron chi connectivity index (χ4n) is 2.20. The van der Waals surface area contributed by atoms with Gasteiger partial charge in [-0.15, -0.1) is 0 Å². The highest BCUT2D eigenvalue weighted by Crippen LogP contribution is 2.34. The molecule has 0 aliphatic carbocycles. The molecule has 0 aliphatic heterocycles. The van der Waals surface area contributed by atoms with Gasteiger partial charge in [0.15, 0.2) is 11.5 Å². The number of carbonyl (C=O) groups excluding carboxylic acids is 1. The van der Waals surface area contributed by atoms with Crippen LogP contribution in [0.4, 0.5) is 5.69 Å². The van der Waals surface area contributed by atoms with Crippen LogP contribution in [-0.4, -0.2) is 25.2 Å². The number of allylic oxidation sites excluding steroid dienone is 1. The van der Waals surface area contributed by atoms with Crippen molar-refractivity contribution < 1.29 is 19.4 Å². The molecule has 0 aliphatic rings. The maximum atomic E-state index is 12.4. The van der Waals surface area contributed by atoms with Crippen molar-refractivity contribution >= 4 is 17.7 Å². The minimum Gasteiger partial charge on any atom is -0.506 e. The monoisotopic (exact) mass is 313 g/mol. The Morgan fingerprint density at radius 3 is 2.52 bits per heavy atom. The summed E-state index contributed by atoms with van der Waals surface area (Å²) < 4.78 is 10.6. The zero-order valence-corrected chi connectivity index (χ0v) is 13.3. The molecule has 23 heavy (non-hydrogen) atoms. The Hall–Kier alpha value is -2.95. The van der Waals surface area contributed by atoms with Crippen LogP contribution in [0.1, 0.15) is 22.8 Å². The minimum atomic E-state index is -0.349. The maximum Gasteiger partial charge on any atom is 0.255 e. The number of para-hydroxylation sites is 2. The Bertz CT molecular complexity index is 738. The summed E-state index contributed by atoms with van der Waals surface area (Å²) in [6.07, 6.45) is 3.68. The van der Waals surface area contributed by atoms with E-state index in [1.807, 2.05) is 19.1 Å². The quantitative estimate of drug-likeness (QED) is 0.826. The lowest BCUT2D eigenvalue weighted by Gasteiger charge is -2.13. The van der Waals surface area contributed by atoms with Crippen molar-refractivity contribution in [2.45, 2.75) is 6.92 Å². The van der Waals surface area contributed by atoms with Crippen LogP contribution in [0.25, 0.3) is 6.08 Å². The number of amides is 1. The molecule has 0 unspecified atom stereocenters. The summed E-state index contributed by atoms with van der Waals surface area (Å²) in [5.74, 6) is 0.684. The number of hydrogen-bond donors (Lipinski definition) is 2. The fourth-order valence-corrected chi connectivity index (χ4v) is 2.20. The van der Waals surface area contributed by atoms with Gasteiger partial charge in [-0.2, -0.15) is 0 Å². The van der Waals surface area contributed by atoms with Crippen LogP contribution >= 0.6 is 0 Å². The van der Waals surface area contributed by atoms with Gasteiger partial charge in [0.1, 0.15) is 5.75 Å². The normalized spacial score (nSPS) is 10.6. The zero-order chi connectivity index (χ0) is 16.8. The summed E-state index contributed by atoms with van der Waals surface area (Å²) in [5.41, 5.74) is 1.48. The van der Waals surface area contributed by atoms with E-state index in [1.54, 1.807) is 37.4 Å². The first kappa shape index (κ1) is 16.4. The SMILES string of the molecule is C/C=C/c1cc(C(=O)Nc2ccccc2O)cc(OC)c1OC. The molecular formula is C18H19NO4. The molecule has 0 atom stereocenters. The van der Waals surface area contributed by atoms with Gasteiger partial charge in [0.25, 0.3) is 5.91 Å². The number of phenolic OH excluding ortho intramolecular Hbond substituents is 1. The van der Waals surface area contributed by atoms with Crippen LogP contribution in [0.15, 0.2) is 42.5 Å². The van der Waals surface area contributed by atoms with E-state index >= 15 is 0 Å². The molecule has 5 heteroatoms. The van der Waals surface area contributed by atoms with E-state index in [1.165, 1.54) is 13.2 Å². The standard InChI is InChI=1S/C18H19NO4/c1-4-7-12-10-13(11-16(22-2)17(12)23-3)18(21)19-14-8-5-6-9-15(14)20/h4-11,20H,1-3H3,(H,19,21)/b7-4+. The van der Waals surface area contributed by atoms with Crippen LogP contribution < -0.4 is 14.8 Å². The molecule has 0 radical (unpaired) electrons. The number of phenols is 1. The number of rotatable bonds is 5. The fraction of sp³-hybridized carbons (Fsp3) is 0.167. The second-order valence-electron chi connectivity index (χ2n) is 4.77. The summed E-state index contributed by atoms with van der Waals surface area (Å²) >= 11 is 0. The number of aromatic hydroxyl groups is 1. The molecule has 0 bridgehead atoms. The third-order valence-electron chi connectivity index (χ3n) is 3.27. The molecule has 0 heterocycles. The van der Waals surface area contributed by atoms with Crippen molar-refractivity contribution in [3.8, 4) is 17.2 Å². The van der Waals surface area contributed by atoms with Gasteiger partial charge in [0, 0.05) is 11.1 Å². The van der Waals surface area contributed by atoms with Crippen LogP contribution in [0.2, 0.25) is 0 Å². The number of nitrogens with one attached hydrogen (secondary N) is 1. The molecule has 0 spiro atoms. The molecule has 0 aromatic heterocycles. The molecule has 1 amide bonds. The number of anilines is 1. The van der Waals surface area contributed by atoms with E-state index in [4.69, 9.17) is 9.47 Å². The Morgan fingerprint density at radius 1 is 1.17 bits per heavy atom. The molecule has 2 aromatic carbocycles. The van der Waals surface area contributed by atoms with Gasteiger partial charge in [0.05, 0.1) is 19.9 Å². The molecule has 0 saturated heterocycles. The van der Waals surface area contributed by atoms with Gasteiger partial charge in [-0.3, -0.25) is 4.79 Å². The van der Waals surface area contributed by atoms with Gasteiger partial charge < -0.3 is 19.9 Å². The lowest BCUT2D eigenvalue weighted by molar-refractivity contribution is 0.102. The second-order valence-corrected chi connectivity index (χ2v) is 4.77. The van der Waals surface area contributed by atoms with Crippen LogP contribution in [0, 0.1) is 0 Å². The smallest absolute Gasteiger partial charge is 0.255 e. The lowest BCUT2D eigenvalue weighted by Crippen LogP contribution is -2.12. The molecule has 0 saturated carbocycles.